The fraction of sp³-hybridized carbons (Fsp3) is 0.538. The molecule has 0 N–H and O–H groups in total. The van der Waals surface area contributed by atoms with Gasteiger partial charge in [-0.1, -0.05) is 102 Å². The van der Waals surface area contributed by atoms with Gasteiger partial charge in [-0.15, -0.1) is 0 Å². The minimum absolute atomic E-state index is 0.157. The molecule has 2 aromatic rings. The van der Waals surface area contributed by atoms with Crippen molar-refractivity contribution in [3.63, 3.8) is 0 Å². The lowest BCUT2D eigenvalue weighted by atomic mass is 9.75. The van der Waals surface area contributed by atoms with Crippen LogP contribution in [0.3, 0.4) is 0 Å². The maximum absolute atomic E-state index is 7.15. The summed E-state index contributed by atoms with van der Waals surface area (Å²) in [6, 6.07) is 21.4. The van der Waals surface area contributed by atoms with E-state index in [0.29, 0.717) is 0 Å². The third-order valence-electron chi connectivity index (χ3n) is 4.95. The molecule has 2 unspecified atom stereocenters. The van der Waals surface area contributed by atoms with Gasteiger partial charge in [0.2, 0.25) is 0 Å². The summed E-state index contributed by atoms with van der Waals surface area (Å²) in [7, 11) is 0. The Morgan fingerprint density at radius 3 is 1.07 bits per heavy atom. The first-order valence-electron chi connectivity index (χ1n) is 10.1. The van der Waals surface area contributed by atoms with Gasteiger partial charge in [0.25, 0.3) is 0 Å². The van der Waals surface area contributed by atoms with Gasteiger partial charge in [0, 0.05) is 0 Å². The molecular weight excluding hydrogens is 328 g/mol. The van der Waals surface area contributed by atoms with Crippen molar-refractivity contribution in [3.05, 3.63) is 71.8 Å². The first-order valence-corrected chi connectivity index (χ1v) is 10.1. The van der Waals surface area contributed by atoms with E-state index in [1.807, 2.05) is 0 Å². The number of hydrogen-bond donors (Lipinski definition) is 0. The van der Waals surface area contributed by atoms with Crippen LogP contribution in [0.25, 0.3) is 0 Å². The summed E-state index contributed by atoms with van der Waals surface area (Å²) in [5, 5.41) is 0. The fourth-order valence-corrected chi connectivity index (χ4v) is 4.50. The predicted octanol–water partition coefficient (Wildman–Crippen LogP) is 7.71. The lowest BCUT2D eigenvalue weighted by molar-refractivity contribution is -0.178. The molecule has 0 radical (unpaired) electrons. The molecule has 148 valence electrons. The highest BCUT2D eigenvalue weighted by atomic mass is 16.5. The van der Waals surface area contributed by atoms with Crippen molar-refractivity contribution in [1.82, 2.24) is 0 Å². The second-order valence-electron chi connectivity index (χ2n) is 10.8. The van der Waals surface area contributed by atoms with Crippen LogP contribution < -0.4 is 0 Å². The molecule has 1 heteroatoms. The van der Waals surface area contributed by atoms with Crippen LogP contribution in [0, 0.1) is 10.8 Å². The smallest absolute Gasteiger partial charge is 0.0920 e. The van der Waals surface area contributed by atoms with E-state index in [-0.39, 0.29) is 22.0 Å². The normalized spacial score (nSPS) is 17.2. The quantitative estimate of drug-likeness (QED) is 0.509. The molecule has 2 aromatic carbocycles. The third kappa shape index (κ3) is 6.21. The van der Waals surface area contributed by atoms with Gasteiger partial charge in [-0.25, -0.2) is 0 Å². The minimum Gasteiger partial charge on any atom is -0.360 e. The van der Waals surface area contributed by atoms with E-state index >= 15 is 0 Å². The molecule has 0 aliphatic heterocycles. The van der Waals surface area contributed by atoms with Crippen LogP contribution >= 0.6 is 0 Å². The van der Waals surface area contributed by atoms with Crippen LogP contribution in [0.4, 0.5) is 0 Å². The van der Waals surface area contributed by atoms with Gasteiger partial charge in [-0.3, -0.25) is 0 Å². The molecule has 0 heterocycles. The lowest BCUT2D eigenvalue weighted by Crippen LogP contribution is -2.42. The van der Waals surface area contributed by atoms with Gasteiger partial charge in [0.15, 0.2) is 0 Å². The topological polar surface area (TPSA) is 9.23 Å². The number of ether oxygens (including phenoxy) is 1. The Morgan fingerprint density at radius 1 is 0.519 bits per heavy atom. The van der Waals surface area contributed by atoms with Crippen LogP contribution in [-0.4, -0.2) is 0 Å². The van der Waals surface area contributed by atoms with E-state index in [2.05, 4.69) is 116 Å². The molecule has 2 rings (SSSR count). The summed E-state index contributed by atoms with van der Waals surface area (Å²) in [6.07, 6.45) is 1.91. The molecule has 0 bridgehead atoms. The van der Waals surface area contributed by atoms with Crippen LogP contribution in [-0.2, 0) is 15.9 Å². The predicted molar refractivity (Wildman–Crippen MR) is 117 cm³/mol. The van der Waals surface area contributed by atoms with E-state index in [0.717, 1.165) is 12.8 Å². The highest BCUT2D eigenvalue weighted by molar-refractivity contribution is 5.26. The Bertz CT molecular complexity index is 642. The number of hydrogen-bond acceptors (Lipinski definition) is 1. The molecule has 0 amide bonds. The Hall–Kier alpha value is -1.60. The van der Waals surface area contributed by atoms with Crippen molar-refractivity contribution in [2.75, 3.05) is 0 Å². The average Bonchev–Trinajstić information content (AvgIpc) is 2.53. The first-order chi connectivity index (χ1) is 12.3. The zero-order valence-corrected chi connectivity index (χ0v) is 18.6. The standard InChI is InChI=1S/C26H38O/c1-23(2,3)19-25(7,21-15-11-9-12-16-21)27-26(8,20-24(4,5)6)22-17-13-10-14-18-22/h9-18H,19-20H2,1-8H3. The number of benzene rings is 2. The van der Waals surface area contributed by atoms with Gasteiger partial charge in [0.05, 0.1) is 11.2 Å². The highest BCUT2D eigenvalue weighted by Crippen LogP contribution is 2.46. The largest absolute Gasteiger partial charge is 0.360 e. The first kappa shape index (κ1) is 21.7. The van der Waals surface area contributed by atoms with E-state index in [1.54, 1.807) is 0 Å². The zero-order valence-electron chi connectivity index (χ0n) is 18.6. The minimum atomic E-state index is -0.366. The van der Waals surface area contributed by atoms with E-state index in [4.69, 9.17) is 4.74 Å². The van der Waals surface area contributed by atoms with Crippen LogP contribution in [0.15, 0.2) is 60.7 Å². The Balaban J connectivity index is 2.53. The summed E-state index contributed by atoms with van der Waals surface area (Å²) < 4.78 is 7.15. The van der Waals surface area contributed by atoms with Gasteiger partial charge in [0.1, 0.15) is 0 Å². The highest BCUT2D eigenvalue weighted by Gasteiger charge is 2.42. The van der Waals surface area contributed by atoms with Crippen LogP contribution in [0.1, 0.15) is 79.4 Å². The molecule has 0 fully saturated rings. The summed E-state index contributed by atoms with van der Waals surface area (Å²) in [6.45, 7) is 18.3. The molecule has 0 aliphatic rings. The van der Waals surface area contributed by atoms with Gasteiger partial charge < -0.3 is 4.74 Å². The molecule has 0 saturated carbocycles. The van der Waals surface area contributed by atoms with E-state index in [1.165, 1.54) is 11.1 Å². The second kappa shape index (κ2) is 7.80. The molecule has 1 nitrogen and oxygen atoms in total. The van der Waals surface area contributed by atoms with Crippen molar-refractivity contribution < 1.29 is 4.74 Å². The van der Waals surface area contributed by atoms with Gasteiger partial charge in [-0.05, 0) is 48.6 Å². The monoisotopic (exact) mass is 366 g/mol. The fourth-order valence-electron chi connectivity index (χ4n) is 4.50. The summed E-state index contributed by atoms with van der Waals surface area (Å²) in [5.74, 6) is 0. The van der Waals surface area contributed by atoms with Gasteiger partial charge >= 0.3 is 0 Å². The summed E-state index contributed by atoms with van der Waals surface area (Å²) in [4.78, 5) is 0. The Kier molecular flexibility index (Phi) is 6.26. The molecule has 27 heavy (non-hydrogen) atoms. The second-order valence-corrected chi connectivity index (χ2v) is 10.8. The summed E-state index contributed by atoms with van der Waals surface area (Å²) >= 11 is 0. The van der Waals surface area contributed by atoms with Crippen molar-refractivity contribution >= 4 is 0 Å². The third-order valence-corrected chi connectivity index (χ3v) is 4.95. The molecule has 0 saturated heterocycles. The van der Waals surface area contributed by atoms with Crippen molar-refractivity contribution in [2.24, 2.45) is 10.8 Å². The van der Waals surface area contributed by atoms with E-state index < -0.39 is 0 Å². The molecular formula is C26H38O. The average molecular weight is 367 g/mol. The molecule has 0 spiro atoms. The lowest BCUT2D eigenvalue weighted by Gasteiger charge is -2.46. The van der Waals surface area contributed by atoms with Crippen LogP contribution in [0.2, 0.25) is 0 Å². The van der Waals surface area contributed by atoms with Gasteiger partial charge in [-0.2, -0.15) is 0 Å². The molecule has 0 aliphatic carbocycles. The summed E-state index contributed by atoms with van der Waals surface area (Å²) in [5.41, 5.74) is 2.07. The zero-order chi connectivity index (χ0) is 20.3. The molecule has 0 aromatic heterocycles. The molecule has 2 atom stereocenters. The van der Waals surface area contributed by atoms with Crippen molar-refractivity contribution in [3.8, 4) is 0 Å². The van der Waals surface area contributed by atoms with Crippen molar-refractivity contribution in [1.29, 1.82) is 0 Å². The maximum atomic E-state index is 7.15. The Morgan fingerprint density at radius 2 is 0.815 bits per heavy atom. The van der Waals surface area contributed by atoms with Crippen molar-refractivity contribution in [2.45, 2.75) is 79.4 Å². The van der Waals surface area contributed by atoms with Crippen LogP contribution in [0.5, 0.6) is 0 Å². The number of rotatable bonds is 6. The SMILES string of the molecule is CC(C)(C)CC(C)(OC(C)(CC(C)(C)C)c1ccccc1)c1ccccc1. The maximum Gasteiger partial charge on any atom is 0.0920 e. The van der Waals surface area contributed by atoms with E-state index in [9.17, 15) is 0 Å². The Labute approximate surface area is 167 Å².